The Morgan fingerprint density at radius 1 is 1.26 bits per heavy atom. The highest BCUT2D eigenvalue weighted by Gasteiger charge is 2.48. The lowest BCUT2D eigenvalue weighted by Gasteiger charge is -2.38. The lowest BCUT2D eigenvalue weighted by molar-refractivity contribution is -0.164. The van der Waals surface area contributed by atoms with Crippen molar-refractivity contribution in [2.45, 2.75) is 38.2 Å². The predicted molar refractivity (Wildman–Crippen MR) is 70.6 cm³/mol. The van der Waals surface area contributed by atoms with Gasteiger partial charge in [0.05, 0.1) is 18.6 Å². The van der Waals surface area contributed by atoms with Gasteiger partial charge in [-0.1, -0.05) is 37.5 Å². The fourth-order valence-corrected chi connectivity index (χ4v) is 2.99. The van der Waals surface area contributed by atoms with Gasteiger partial charge in [0.25, 0.3) is 0 Å². The summed E-state index contributed by atoms with van der Waals surface area (Å²) in [5, 5.41) is 20.5. The van der Waals surface area contributed by atoms with E-state index in [1.54, 1.807) is 18.2 Å². The monoisotopic (exact) mass is 264 g/mol. The number of methoxy groups -OCH3 is 1. The summed E-state index contributed by atoms with van der Waals surface area (Å²) in [5.74, 6) is -0.369. The molecule has 104 valence electrons. The van der Waals surface area contributed by atoms with Crippen molar-refractivity contribution in [3.8, 4) is 5.75 Å². The van der Waals surface area contributed by atoms with E-state index in [9.17, 15) is 15.0 Å². The topological polar surface area (TPSA) is 66.8 Å². The Hall–Kier alpha value is -1.55. The van der Waals surface area contributed by atoms with Crippen LogP contribution in [-0.4, -0.2) is 23.3 Å². The fraction of sp³-hybridized carbons (Fsp3) is 0.533. The third-order valence-corrected chi connectivity index (χ3v) is 4.09. The van der Waals surface area contributed by atoms with Crippen molar-refractivity contribution in [1.29, 1.82) is 0 Å². The Morgan fingerprint density at radius 3 is 2.47 bits per heavy atom. The Morgan fingerprint density at radius 2 is 1.89 bits per heavy atom. The molecule has 0 aromatic heterocycles. The van der Waals surface area contributed by atoms with Crippen LogP contribution in [0.25, 0.3) is 0 Å². The highest BCUT2D eigenvalue weighted by atomic mass is 16.5. The molecule has 4 nitrogen and oxygen atoms in total. The molecule has 4 heteroatoms. The zero-order chi connectivity index (χ0) is 13.9. The third kappa shape index (κ3) is 2.45. The number of carbonyl (C=O) groups is 1. The molecule has 1 atom stereocenters. The van der Waals surface area contributed by atoms with Gasteiger partial charge in [0.2, 0.25) is 0 Å². The summed E-state index contributed by atoms with van der Waals surface area (Å²) < 4.78 is 4.89. The second-order valence-corrected chi connectivity index (χ2v) is 5.17. The number of aliphatic hydroxyl groups excluding tert-OH is 1. The number of para-hydroxylation sites is 1. The molecular formula is C15H20O4. The predicted octanol–water partition coefficient (Wildman–Crippen LogP) is 2.55. The van der Waals surface area contributed by atoms with E-state index in [-0.39, 0.29) is 11.7 Å². The molecule has 0 bridgehead atoms. The van der Waals surface area contributed by atoms with E-state index >= 15 is 0 Å². The summed E-state index contributed by atoms with van der Waals surface area (Å²) in [6.07, 6.45) is 3.00. The minimum Gasteiger partial charge on any atom is -0.508 e. The van der Waals surface area contributed by atoms with Crippen LogP contribution in [0.5, 0.6) is 5.75 Å². The van der Waals surface area contributed by atoms with E-state index < -0.39 is 11.5 Å². The molecule has 1 aliphatic carbocycles. The molecule has 0 saturated heterocycles. The molecule has 0 spiro atoms. The zero-order valence-corrected chi connectivity index (χ0v) is 11.1. The number of phenolic OH excluding ortho intramolecular Hbond substituents is 1. The molecule has 1 fully saturated rings. The van der Waals surface area contributed by atoms with Crippen LogP contribution in [0.15, 0.2) is 24.3 Å². The Bertz CT molecular complexity index is 449. The van der Waals surface area contributed by atoms with Gasteiger partial charge in [0, 0.05) is 5.56 Å². The van der Waals surface area contributed by atoms with Crippen molar-refractivity contribution in [2.75, 3.05) is 7.11 Å². The van der Waals surface area contributed by atoms with Crippen LogP contribution in [0.4, 0.5) is 0 Å². The van der Waals surface area contributed by atoms with Crippen molar-refractivity contribution in [3.05, 3.63) is 29.8 Å². The molecule has 0 amide bonds. The molecule has 0 aliphatic heterocycles. The van der Waals surface area contributed by atoms with E-state index in [0.717, 1.165) is 19.3 Å². The highest BCUT2D eigenvalue weighted by Crippen LogP contribution is 2.48. The first-order chi connectivity index (χ1) is 9.12. The van der Waals surface area contributed by atoms with Crippen LogP contribution in [0.1, 0.15) is 43.8 Å². The summed E-state index contributed by atoms with van der Waals surface area (Å²) >= 11 is 0. The second kappa shape index (κ2) is 5.61. The van der Waals surface area contributed by atoms with Gasteiger partial charge in [0.1, 0.15) is 5.75 Å². The highest BCUT2D eigenvalue weighted by molar-refractivity contribution is 5.78. The SMILES string of the molecule is COC(=O)C1([C@@H](O)c2ccccc2O)CCCCC1. The summed E-state index contributed by atoms with van der Waals surface area (Å²) in [4.78, 5) is 12.2. The van der Waals surface area contributed by atoms with Crippen molar-refractivity contribution in [1.82, 2.24) is 0 Å². The summed E-state index contributed by atoms with van der Waals surface area (Å²) in [7, 11) is 1.34. The van der Waals surface area contributed by atoms with Crippen molar-refractivity contribution < 1.29 is 19.7 Å². The van der Waals surface area contributed by atoms with Gasteiger partial charge >= 0.3 is 5.97 Å². The lowest BCUT2D eigenvalue weighted by Crippen LogP contribution is -2.40. The maximum Gasteiger partial charge on any atom is 0.314 e. The molecule has 0 unspecified atom stereocenters. The first kappa shape index (κ1) is 13.9. The summed E-state index contributed by atoms with van der Waals surface area (Å²) in [6, 6.07) is 6.61. The number of phenols is 1. The number of benzene rings is 1. The van der Waals surface area contributed by atoms with Crippen LogP contribution < -0.4 is 0 Å². The molecule has 0 radical (unpaired) electrons. The molecule has 19 heavy (non-hydrogen) atoms. The van der Waals surface area contributed by atoms with E-state index in [4.69, 9.17) is 4.74 Å². The zero-order valence-electron chi connectivity index (χ0n) is 11.1. The smallest absolute Gasteiger partial charge is 0.314 e. The number of hydrogen-bond donors (Lipinski definition) is 2. The van der Waals surface area contributed by atoms with Crippen LogP contribution in [0.2, 0.25) is 0 Å². The molecule has 1 aliphatic rings. The fourth-order valence-electron chi connectivity index (χ4n) is 2.99. The van der Waals surface area contributed by atoms with Gasteiger partial charge in [-0.25, -0.2) is 0 Å². The van der Waals surface area contributed by atoms with E-state index in [1.165, 1.54) is 13.2 Å². The van der Waals surface area contributed by atoms with Crippen molar-refractivity contribution >= 4 is 5.97 Å². The number of carbonyl (C=O) groups excluding carboxylic acids is 1. The van der Waals surface area contributed by atoms with Crippen molar-refractivity contribution in [3.63, 3.8) is 0 Å². The van der Waals surface area contributed by atoms with Gasteiger partial charge in [-0.3, -0.25) is 4.79 Å². The van der Waals surface area contributed by atoms with Gasteiger partial charge in [-0.05, 0) is 18.9 Å². The van der Waals surface area contributed by atoms with Crippen LogP contribution >= 0.6 is 0 Å². The maximum atomic E-state index is 12.2. The normalized spacial score (nSPS) is 19.7. The molecule has 2 rings (SSSR count). The molecule has 2 N–H and O–H groups in total. The second-order valence-electron chi connectivity index (χ2n) is 5.17. The average Bonchev–Trinajstić information content (AvgIpc) is 2.47. The number of rotatable bonds is 3. The summed E-state index contributed by atoms with van der Waals surface area (Å²) in [6.45, 7) is 0. The van der Waals surface area contributed by atoms with E-state index in [1.807, 2.05) is 0 Å². The van der Waals surface area contributed by atoms with Gasteiger partial charge < -0.3 is 14.9 Å². The first-order valence-electron chi connectivity index (χ1n) is 6.66. The average molecular weight is 264 g/mol. The lowest BCUT2D eigenvalue weighted by atomic mass is 9.68. The number of aromatic hydroxyl groups is 1. The van der Waals surface area contributed by atoms with Crippen LogP contribution in [-0.2, 0) is 9.53 Å². The largest absolute Gasteiger partial charge is 0.508 e. The Kier molecular flexibility index (Phi) is 4.10. The van der Waals surface area contributed by atoms with E-state index in [2.05, 4.69) is 0 Å². The molecule has 1 aromatic carbocycles. The molecular weight excluding hydrogens is 244 g/mol. The minimum atomic E-state index is -1.03. The summed E-state index contributed by atoms with van der Waals surface area (Å²) in [5.41, 5.74) is -0.527. The standard InChI is InChI=1S/C15H20O4/c1-19-14(18)15(9-5-2-6-10-15)13(17)11-7-3-4-8-12(11)16/h3-4,7-8,13,16-17H,2,5-6,9-10H2,1H3/t13-/m0/s1. The first-order valence-corrected chi connectivity index (χ1v) is 6.66. The minimum absolute atomic E-state index is 0.0175. The van der Waals surface area contributed by atoms with Gasteiger partial charge in [-0.2, -0.15) is 0 Å². The van der Waals surface area contributed by atoms with Crippen molar-refractivity contribution in [2.24, 2.45) is 5.41 Å². The van der Waals surface area contributed by atoms with Crippen LogP contribution in [0, 0.1) is 5.41 Å². The molecule has 1 aromatic rings. The maximum absolute atomic E-state index is 12.2. The van der Waals surface area contributed by atoms with Crippen LogP contribution in [0.3, 0.4) is 0 Å². The molecule has 1 saturated carbocycles. The van der Waals surface area contributed by atoms with E-state index in [0.29, 0.717) is 18.4 Å². The van der Waals surface area contributed by atoms with Gasteiger partial charge in [0.15, 0.2) is 0 Å². The quantitative estimate of drug-likeness (QED) is 0.823. The number of esters is 1. The molecule has 0 heterocycles. The number of hydrogen-bond acceptors (Lipinski definition) is 4. The third-order valence-electron chi connectivity index (χ3n) is 4.09. The number of aliphatic hydroxyl groups is 1. The van der Waals surface area contributed by atoms with Gasteiger partial charge in [-0.15, -0.1) is 0 Å². The Balaban J connectivity index is 2.38. The number of ether oxygens (including phenoxy) is 1. The Labute approximate surface area is 113 Å².